The highest BCUT2D eigenvalue weighted by molar-refractivity contribution is 5.80. The van der Waals surface area contributed by atoms with Crippen molar-refractivity contribution in [3.8, 4) is 11.4 Å². The van der Waals surface area contributed by atoms with Crippen LogP contribution in [0.1, 0.15) is 0 Å². The zero-order chi connectivity index (χ0) is 12.4. The van der Waals surface area contributed by atoms with Crippen LogP contribution in [0.15, 0.2) is 54.7 Å². The maximum Gasteiger partial charge on any atom is 0.298 e. The minimum atomic E-state index is 0.415. The van der Waals surface area contributed by atoms with E-state index in [9.17, 15) is 4.79 Å². The van der Waals surface area contributed by atoms with Gasteiger partial charge < -0.3 is 4.74 Å². The lowest BCUT2D eigenvalue weighted by molar-refractivity contribution is -0.120. The van der Waals surface area contributed by atoms with Crippen molar-refractivity contribution in [3.63, 3.8) is 0 Å². The number of nitrogens with zero attached hydrogens (tertiary/aromatic N) is 2. The predicted molar refractivity (Wildman–Crippen MR) is 67.8 cm³/mol. The van der Waals surface area contributed by atoms with Crippen molar-refractivity contribution in [2.24, 2.45) is 0 Å². The van der Waals surface area contributed by atoms with E-state index in [1.807, 2.05) is 47.3 Å². The summed E-state index contributed by atoms with van der Waals surface area (Å²) in [7, 11) is 0. The zero-order valence-electron chi connectivity index (χ0n) is 9.48. The molecule has 0 aliphatic carbocycles. The smallest absolute Gasteiger partial charge is 0.298 e. The molecule has 0 atom stereocenters. The van der Waals surface area contributed by atoms with E-state index in [0.717, 1.165) is 16.6 Å². The molecular weight excluding hydrogens is 228 g/mol. The van der Waals surface area contributed by atoms with Gasteiger partial charge in [0.15, 0.2) is 0 Å². The monoisotopic (exact) mass is 238 g/mol. The van der Waals surface area contributed by atoms with Gasteiger partial charge in [0.2, 0.25) is 0 Å². The van der Waals surface area contributed by atoms with Crippen molar-refractivity contribution in [2.45, 2.75) is 0 Å². The number of aromatic nitrogens is 2. The Kier molecular flexibility index (Phi) is 2.53. The molecule has 0 N–H and O–H groups in total. The van der Waals surface area contributed by atoms with E-state index >= 15 is 0 Å². The molecule has 2 aromatic carbocycles. The SMILES string of the molecule is O=COc1ccc(-n2ncc3ccccc32)cc1. The molecule has 1 aromatic heterocycles. The topological polar surface area (TPSA) is 44.1 Å². The van der Waals surface area contributed by atoms with Gasteiger partial charge in [0.1, 0.15) is 5.75 Å². The van der Waals surface area contributed by atoms with Gasteiger partial charge in [-0.05, 0) is 30.3 Å². The highest BCUT2D eigenvalue weighted by atomic mass is 16.5. The summed E-state index contributed by atoms with van der Waals surface area (Å²) in [6.07, 6.45) is 1.82. The standard InChI is InChI=1S/C14H10N2O2/c17-10-18-13-7-5-12(6-8-13)16-14-4-2-1-3-11(14)9-15-16/h1-10H. The second-order valence-corrected chi connectivity index (χ2v) is 3.82. The molecule has 0 aliphatic heterocycles. The Morgan fingerprint density at radius 3 is 2.61 bits per heavy atom. The van der Waals surface area contributed by atoms with Gasteiger partial charge in [-0.3, -0.25) is 4.79 Å². The molecule has 0 radical (unpaired) electrons. The molecule has 0 saturated carbocycles. The number of para-hydroxylation sites is 1. The number of rotatable bonds is 3. The largest absolute Gasteiger partial charge is 0.429 e. The lowest BCUT2D eigenvalue weighted by Gasteiger charge is -2.04. The van der Waals surface area contributed by atoms with Crippen LogP contribution < -0.4 is 4.74 Å². The molecule has 0 bridgehead atoms. The molecule has 0 unspecified atom stereocenters. The molecule has 0 fully saturated rings. The summed E-state index contributed by atoms with van der Waals surface area (Å²) in [5.41, 5.74) is 1.97. The number of benzene rings is 2. The number of hydrogen-bond acceptors (Lipinski definition) is 3. The Hall–Kier alpha value is -2.62. The second-order valence-electron chi connectivity index (χ2n) is 3.82. The van der Waals surface area contributed by atoms with Crippen molar-refractivity contribution in [1.29, 1.82) is 0 Å². The molecule has 3 aromatic rings. The quantitative estimate of drug-likeness (QED) is 0.659. The van der Waals surface area contributed by atoms with Crippen LogP contribution in [0.2, 0.25) is 0 Å². The first kappa shape index (κ1) is 10.5. The fourth-order valence-corrected chi connectivity index (χ4v) is 1.90. The van der Waals surface area contributed by atoms with E-state index in [1.54, 1.807) is 12.1 Å². The van der Waals surface area contributed by atoms with Crippen molar-refractivity contribution in [1.82, 2.24) is 9.78 Å². The molecule has 0 spiro atoms. The maximum atomic E-state index is 10.2. The summed E-state index contributed by atoms with van der Waals surface area (Å²) in [6.45, 7) is 0.415. The van der Waals surface area contributed by atoms with Gasteiger partial charge in [0.05, 0.1) is 17.4 Å². The van der Waals surface area contributed by atoms with Gasteiger partial charge >= 0.3 is 0 Å². The normalized spacial score (nSPS) is 10.4. The van der Waals surface area contributed by atoms with Crippen LogP contribution >= 0.6 is 0 Å². The van der Waals surface area contributed by atoms with Gasteiger partial charge in [0.25, 0.3) is 6.47 Å². The van der Waals surface area contributed by atoms with Crippen molar-refractivity contribution in [3.05, 3.63) is 54.7 Å². The molecule has 4 heteroatoms. The average molecular weight is 238 g/mol. The predicted octanol–water partition coefficient (Wildman–Crippen LogP) is 2.56. The fraction of sp³-hybridized carbons (Fsp3) is 0. The third kappa shape index (κ3) is 1.73. The van der Waals surface area contributed by atoms with Gasteiger partial charge in [-0.15, -0.1) is 0 Å². The molecule has 0 amide bonds. The highest BCUT2D eigenvalue weighted by Crippen LogP contribution is 2.19. The fourth-order valence-electron chi connectivity index (χ4n) is 1.90. The summed E-state index contributed by atoms with van der Waals surface area (Å²) in [5, 5.41) is 5.44. The van der Waals surface area contributed by atoms with Crippen molar-refractivity contribution < 1.29 is 9.53 Å². The lowest BCUT2D eigenvalue weighted by Crippen LogP contribution is -1.96. The molecule has 18 heavy (non-hydrogen) atoms. The number of ether oxygens (including phenoxy) is 1. The molecule has 1 heterocycles. The lowest BCUT2D eigenvalue weighted by atomic mass is 10.2. The molecule has 0 saturated heterocycles. The van der Waals surface area contributed by atoms with Crippen LogP contribution in [-0.2, 0) is 4.79 Å². The van der Waals surface area contributed by atoms with Crippen LogP contribution in [-0.4, -0.2) is 16.3 Å². The summed E-state index contributed by atoms with van der Waals surface area (Å²) < 4.78 is 6.60. The van der Waals surface area contributed by atoms with E-state index in [2.05, 4.69) is 5.10 Å². The van der Waals surface area contributed by atoms with Crippen molar-refractivity contribution >= 4 is 17.4 Å². The van der Waals surface area contributed by atoms with Gasteiger partial charge in [0, 0.05) is 5.39 Å². The first-order valence-corrected chi connectivity index (χ1v) is 5.52. The Balaban J connectivity index is 2.06. The summed E-state index contributed by atoms with van der Waals surface area (Å²) in [5.74, 6) is 0.519. The maximum absolute atomic E-state index is 10.2. The van der Waals surface area contributed by atoms with E-state index in [0.29, 0.717) is 12.2 Å². The number of fused-ring (bicyclic) bond motifs is 1. The first-order valence-electron chi connectivity index (χ1n) is 5.52. The van der Waals surface area contributed by atoms with Crippen LogP contribution in [0, 0.1) is 0 Å². The second kappa shape index (κ2) is 4.33. The van der Waals surface area contributed by atoms with E-state index < -0.39 is 0 Å². The number of carbonyl (C=O) groups excluding carboxylic acids is 1. The van der Waals surface area contributed by atoms with E-state index in [1.165, 1.54) is 0 Å². The molecule has 0 aliphatic rings. The van der Waals surface area contributed by atoms with Gasteiger partial charge in [-0.25, -0.2) is 4.68 Å². The number of hydrogen-bond donors (Lipinski definition) is 0. The Morgan fingerprint density at radius 1 is 1.06 bits per heavy atom. The number of carbonyl (C=O) groups is 1. The summed E-state index contributed by atoms with van der Waals surface area (Å²) in [6, 6.07) is 15.2. The van der Waals surface area contributed by atoms with Crippen LogP contribution in [0.25, 0.3) is 16.6 Å². The third-order valence-electron chi connectivity index (χ3n) is 2.74. The minimum Gasteiger partial charge on any atom is -0.429 e. The van der Waals surface area contributed by atoms with Crippen LogP contribution in [0.4, 0.5) is 0 Å². The highest BCUT2D eigenvalue weighted by Gasteiger charge is 2.03. The van der Waals surface area contributed by atoms with Gasteiger partial charge in [-0.1, -0.05) is 18.2 Å². The Labute approximate surface area is 103 Å². The zero-order valence-corrected chi connectivity index (χ0v) is 9.48. The Bertz CT molecular complexity index is 686. The summed E-state index contributed by atoms with van der Waals surface area (Å²) in [4.78, 5) is 10.2. The third-order valence-corrected chi connectivity index (χ3v) is 2.74. The molecule has 4 nitrogen and oxygen atoms in total. The molecular formula is C14H10N2O2. The molecule has 88 valence electrons. The van der Waals surface area contributed by atoms with Crippen LogP contribution in [0.3, 0.4) is 0 Å². The average Bonchev–Trinajstić information content (AvgIpc) is 2.84. The first-order chi connectivity index (χ1) is 8.88. The van der Waals surface area contributed by atoms with E-state index in [-0.39, 0.29) is 0 Å². The molecule has 3 rings (SSSR count). The summed E-state index contributed by atoms with van der Waals surface area (Å²) >= 11 is 0. The van der Waals surface area contributed by atoms with Crippen LogP contribution in [0.5, 0.6) is 5.75 Å². The van der Waals surface area contributed by atoms with Crippen molar-refractivity contribution in [2.75, 3.05) is 0 Å². The van der Waals surface area contributed by atoms with Gasteiger partial charge in [-0.2, -0.15) is 5.10 Å². The Morgan fingerprint density at radius 2 is 1.83 bits per heavy atom. The van der Waals surface area contributed by atoms with E-state index in [4.69, 9.17) is 4.74 Å². The minimum absolute atomic E-state index is 0.415.